The summed E-state index contributed by atoms with van der Waals surface area (Å²) in [6.45, 7) is 5.41. The average molecular weight is 470 g/mol. The molecule has 1 aliphatic rings. The number of aryl methyl sites for hydroxylation is 1. The van der Waals surface area contributed by atoms with Gasteiger partial charge in [-0.2, -0.15) is 5.10 Å². The van der Waals surface area contributed by atoms with Crippen molar-refractivity contribution in [3.63, 3.8) is 0 Å². The van der Waals surface area contributed by atoms with E-state index < -0.39 is 0 Å². The number of aromatic nitrogens is 4. The molecule has 0 radical (unpaired) electrons. The Kier molecular flexibility index (Phi) is 8.07. The number of pyridine rings is 1. The first-order chi connectivity index (χ1) is 12.3. The molecule has 0 aliphatic carbocycles. The Bertz CT molecular complexity index is 679. The number of nitrogens with one attached hydrogen (secondary N) is 2. The highest BCUT2D eigenvalue weighted by Crippen LogP contribution is 2.17. The molecule has 3 heterocycles. The molecule has 0 unspecified atom stereocenters. The van der Waals surface area contributed by atoms with Crippen molar-refractivity contribution in [3.8, 4) is 0 Å². The summed E-state index contributed by atoms with van der Waals surface area (Å²) >= 11 is 0. The second-order valence-electron chi connectivity index (χ2n) is 6.09. The molecule has 0 amide bonds. The van der Waals surface area contributed by atoms with Gasteiger partial charge in [-0.05, 0) is 31.9 Å². The predicted molar refractivity (Wildman–Crippen MR) is 114 cm³/mol. The molecule has 0 aromatic carbocycles. The van der Waals surface area contributed by atoms with E-state index in [0.29, 0.717) is 12.6 Å². The zero-order chi connectivity index (χ0) is 17.5. The van der Waals surface area contributed by atoms with Gasteiger partial charge in [-0.3, -0.25) is 4.68 Å². The highest BCUT2D eigenvalue weighted by molar-refractivity contribution is 14.0. The Hall–Kier alpha value is -1.91. The minimum Gasteiger partial charge on any atom is -0.357 e. The molecule has 9 heteroatoms. The van der Waals surface area contributed by atoms with Crippen LogP contribution in [0.4, 0.5) is 5.82 Å². The molecule has 0 saturated carbocycles. The number of anilines is 1. The van der Waals surface area contributed by atoms with E-state index in [1.54, 1.807) is 11.0 Å². The van der Waals surface area contributed by atoms with Crippen molar-refractivity contribution >= 4 is 35.8 Å². The summed E-state index contributed by atoms with van der Waals surface area (Å²) in [5.74, 6) is 2.74. The second-order valence-corrected chi connectivity index (χ2v) is 6.09. The summed E-state index contributed by atoms with van der Waals surface area (Å²) < 4.78 is 1.75. The molecule has 26 heavy (non-hydrogen) atoms. The van der Waals surface area contributed by atoms with Gasteiger partial charge in [0.15, 0.2) is 5.96 Å². The highest BCUT2D eigenvalue weighted by atomic mass is 127. The van der Waals surface area contributed by atoms with E-state index in [1.165, 1.54) is 0 Å². The molecule has 2 N–H and O–H groups in total. The maximum absolute atomic E-state index is 4.63. The minimum atomic E-state index is 0. The molecule has 2 aromatic rings. The van der Waals surface area contributed by atoms with Gasteiger partial charge in [0.05, 0.1) is 0 Å². The Morgan fingerprint density at radius 2 is 2.08 bits per heavy atom. The average Bonchev–Trinajstić information content (AvgIpc) is 3.06. The van der Waals surface area contributed by atoms with Crippen molar-refractivity contribution in [1.29, 1.82) is 0 Å². The highest BCUT2D eigenvalue weighted by Gasteiger charge is 2.20. The van der Waals surface area contributed by atoms with E-state index in [1.807, 2.05) is 25.4 Å². The maximum Gasteiger partial charge on any atom is 0.191 e. The van der Waals surface area contributed by atoms with E-state index >= 15 is 0 Å². The van der Waals surface area contributed by atoms with E-state index in [2.05, 4.69) is 48.6 Å². The molecule has 1 fully saturated rings. The van der Waals surface area contributed by atoms with Gasteiger partial charge >= 0.3 is 0 Å². The van der Waals surface area contributed by atoms with Gasteiger partial charge < -0.3 is 15.5 Å². The van der Waals surface area contributed by atoms with Crippen LogP contribution < -0.4 is 15.5 Å². The van der Waals surface area contributed by atoms with Crippen molar-refractivity contribution in [1.82, 2.24) is 30.4 Å². The SMILES string of the molecule is CCNC(=NCc1ncnn1C)NC1CCN(c2ccccn2)CC1.I. The Balaban J connectivity index is 0.00000243. The zero-order valence-electron chi connectivity index (χ0n) is 15.3. The summed E-state index contributed by atoms with van der Waals surface area (Å²) in [7, 11) is 1.88. The lowest BCUT2D eigenvalue weighted by molar-refractivity contribution is 0.459. The Morgan fingerprint density at radius 3 is 2.69 bits per heavy atom. The smallest absolute Gasteiger partial charge is 0.191 e. The minimum absolute atomic E-state index is 0. The van der Waals surface area contributed by atoms with Crippen molar-refractivity contribution in [3.05, 3.63) is 36.5 Å². The van der Waals surface area contributed by atoms with E-state index in [0.717, 1.165) is 50.1 Å². The number of guanidine groups is 1. The first-order valence-corrected chi connectivity index (χ1v) is 8.80. The molecule has 142 valence electrons. The van der Waals surface area contributed by atoms with Gasteiger partial charge in [0.2, 0.25) is 0 Å². The number of hydrogen-bond acceptors (Lipinski definition) is 5. The summed E-state index contributed by atoms with van der Waals surface area (Å²) in [6.07, 6.45) is 5.52. The number of hydrogen-bond donors (Lipinski definition) is 2. The third-order valence-corrected chi connectivity index (χ3v) is 4.34. The van der Waals surface area contributed by atoms with Gasteiger partial charge in [-0.25, -0.2) is 15.0 Å². The van der Waals surface area contributed by atoms with Gasteiger partial charge in [0.25, 0.3) is 0 Å². The van der Waals surface area contributed by atoms with E-state index in [9.17, 15) is 0 Å². The summed E-state index contributed by atoms with van der Waals surface area (Å²) in [6, 6.07) is 6.47. The normalized spacial score (nSPS) is 15.5. The van der Waals surface area contributed by atoms with Gasteiger partial charge in [0.1, 0.15) is 24.5 Å². The fraction of sp³-hybridized carbons (Fsp3) is 0.529. The van der Waals surface area contributed by atoms with E-state index in [-0.39, 0.29) is 24.0 Å². The quantitative estimate of drug-likeness (QED) is 0.392. The summed E-state index contributed by atoms with van der Waals surface area (Å²) in [5.41, 5.74) is 0. The van der Waals surface area contributed by atoms with Gasteiger partial charge in [-0.15, -0.1) is 24.0 Å². The van der Waals surface area contributed by atoms with Crippen molar-refractivity contribution in [2.24, 2.45) is 12.0 Å². The molecule has 1 aliphatic heterocycles. The first-order valence-electron chi connectivity index (χ1n) is 8.80. The number of nitrogens with zero attached hydrogens (tertiary/aromatic N) is 6. The molecule has 0 atom stereocenters. The monoisotopic (exact) mass is 470 g/mol. The second kappa shape index (κ2) is 10.3. The Labute approximate surface area is 171 Å². The zero-order valence-corrected chi connectivity index (χ0v) is 17.6. The number of rotatable bonds is 5. The van der Waals surface area contributed by atoms with Crippen LogP contribution in [0.25, 0.3) is 0 Å². The maximum atomic E-state index is 4.63. The van der Waals surface area contributed by atoms with Crippen molar-refractivity contribution in [2.75, 3.05) is 24.5 Å². The fourth-order valence-electron chi connectivity index (χ4n) is 2.92. The largest absolute Gasteiger partial charge is 0.357 e. The molecule has 0 spiro atoms. The van der Waals surface area contributed by atoms with Crippen LogP contribution in [0.15, 0.2) is 35.7 Å². The van der Waals surface area contributed by atoms with Crippen molar-refractivity contribution in [2.45, 2.75) is 32.4 Å². The van der Waals surface area contributed by atoms with Crippen LogP contribution >= 0.6 is 24.0 Å². The van der Waals surface area contributed by atoms with Gasteiger partial charge in [-0.1, -0.05) is 6.07 Å². The third-order valence-electron chi connectivity index (χ3n) is 4.34. The van der Waals surface area contributed by atoms with E-state index in [4.69, 9.17) is 0 Å². The van der Waals surface area contributed by atoms with Crippen LogP contribution in [0.3, 0.4) is 0 Å². The molecule has 0 bridgehead atoms. The molecule has 3 rings (SSSR count). The standard InChI is InChI=1S/C17H26N8.HI/c1-3-18-17(20-12-16-21-13-22-24(16)2)23-14-7-10-25(11-8-14)15-6-4-5-9-19-15;/h4-6,9,13-14H,3,7-8,10-12H2,1-2H3,(H2,18,20,23);1H. The lowest BCUT2D eigenvalue weighted by Crippen LogP contribution is -2.48. The Morgan fingerprint density at radius 1 is 1.27 bits per heavy atom. The van der Waals surface area contributed by atoms with Crippen LogP contribution in [0.5, 0.6) is 0 Å². The van der Waals surface area contributed by atoms with Crippen LogP contribution in [-0.2, 0) is 13.6 Å². The lowest BCUT2D eigenvalue weighted by atomic mass is 10.1. The topological polar surface area (TPSA) is 83.3 Å². The number of halogens is 1. The number of piperidine rings is 1. The van der Waals surface area contributed by atoms with Crippen LogP contribution in [0, 0.1) is 0 Å². The third kappa shape index (κ3) is 5.55. The first kappa shape index (κ1) is 20.4. The summed E-state index contributed by atoms with van der Waals surface area (Å²) in [4.78, 5) is 15.6. The lowest BCUT2D eigenvalue weighted by Gasteiger charge is -2.33. The molecule has 2 aromatic heterocycles. The molecule has 8 nitrogen and oxygen atoms in total. The number of aliphatic imine (C=N–C) groups is 1. The van der Waals surface area contributed by atoms with Gasteiger partial charge in [0, 0.05) is 38.9 Å². The predicted octanol–water partition coefficient (Wildman–Crippen LogP) is 1.55. The fourth-order valence-corrected chi connectivity index (χ4v) is 2.92. The van der Waals surface area contributed by atoms with Crippen LogP contribution in [-0.4, -0.2) is 51.4 Å². The van der Waals surface area contributed by atoms with Crippen LogP contribution in [0.2, 0.25) is 0 Å². The van der Waals surface area contributed by atoms with Crippen molar-refractivity contribution < 1.29 is 0 Å². The summed E-state index contributed by atoms with van der Waals surface area (Å²) in [5, 5.41) is 10.9. The van der Waals surface area contributed by atoms with Crippen LogP contribution in [0.1, 0.15) is 25.6 Å². The molecular formula is C17H27IN8. The molecular weight excluding hydrogens is 443 g/mol. The molecule has 1 saturated heterocycles.